The fourth-order valence-corrected chi connectivity index (χ4v) is 6.23. The molecule has 3 aromatic carbocycles. The monoisotopic (exact) mass is 641 g/mol. The number of H-pyrrole nitrogens is 1. The predicted molar refractivity (Wildman–Crippen MR) is 182 cm³/mol. The normalized spacial score (nSPS) is 14.4. The predicted octanol–water partition coefficient (Wildman–Crippen LogP) is 4.92. The van der Waals surface area contributed by atoms with Crippen molar-refractivity contribution in [3.05, 3.63) is 75.7 Å². The van der Waals surface area contributed by atoms with Gasteiger partial charge >= 0.3 is 0 Å². The molecule has 5 rings (SSSR count). The van der Waals surface area contributed by atoms with E-state index in [1.54, 1.807) is 33.5 Å². The Kier molecular flexibility index (Phi) is 10.3. The van der Waals surface area contributed by atoms with E-state index in [4.69, 9.17) is 14.2 Å². The summed E-state index contributed by atoms with van der Waals surface area (Å²) in [5.74, 6) is 1.79. The van der Waals surface area contributed by atoms with Crippen LogP contribution in [-0.2, 0) is 22.4 Å². The maximum atomic E-state index is 13.8. The van der Waals surface area contributed by atoms with Crippen LogP contribution in [0.5, 0.6) is 17.2 Å². The first-order valence-corrected chi connectivity index (χ1v) is 15.9. The average Bonchev–Trinajstić information content (AvgIpc) is 3.33. The van der Waals surface area contributed by atoms with Crippen LogP contribution in [0.3, 0.4) is 0 Å². The first kappa shape index (κ1) is 33.3. The number of aromatic amines is 1. The molecular formula is C36H43N5O6. The molecule has 0 radical (unpaired) electrons. The minimum Gasteiger partial charge on any atom is -0.493 e. The van der Waals surface area contributed by atoms with Crippen LogP contribution in [0.1, 0.15) is 56.6 Å². The third-order valence-electron chi connectivity index (χ3n) is 8.50. The number of amides is 2. The molecule has 11 heteroatoms. The molecule has 2 atom stereocenters. The van der Waals surface area contributed by atoms with Crippen molar-refractivity contribution in [3.63, 3.8) is 0 Å². The highest BCUT2D eigenvalue weighted by Crippen LogP contribution is 2.50. The number of carbonyl (C=O) groups is 2. The summed E-state index contributed by atoms with van der Waals surface area (Å²) in [5, 5.41) is 9.27. The maximum Gasteiger partial charge on any atom is 0.242 e. The topological polar surface area (TPSA) is 144 Å². The summed E-state index contributed by atoms with van der Waals surface area (Å²) in [6, 6.07) is 13.8. The molecule has 0 aliphatic heterocycles. The lowest BCUT2D eigenvalue weighted by molar-refractivity contribution is -0.122. The van der Waals surface area contributed by atoms with Crippen LogP contribution in [0.4, 0.5) is 5.69 Å². The fraction of sp³-hybridized carbons (Fsp3) is 0.389. The Hall–Kier alpha value is -5.06. The van der Waals surface area contributed by atoms with E-state index in [1.165, 1.54) is 6.92 Å². The van der Waals surface area contributed by atoms with Gasteiger partial charge in [0.1, 0.15) is 11.9 Å². The number of hydrogen-bond donors (Lipinski definition) is 4. The zero-order valence-corrected chi connectivity index (χ0v) is 27.8. The average molecular weight is 642 g/mol. The zero-order valence-electron chi connectivity index (χ0n) is 27.8. The van der Waals surface area contributed by atoms with Crippen molar-refractivity contribution in [1.29, 1.82) is 0 Å². The Morgan fingerprint density at radius 1 is 1.02 bits per heavy atom. The summed E-state index contributed by atoms with van der Waals surface area (Å²) >= 11 is 0. The molecule has 1 aliphatic rings. The number of para-hydroxylation sites is 2. The van der Waals surface area contributed by atoms with Crippen molar-refractivity contribution in [2.45, 2.75) is 58.5 Å². The smallest absolute Gasteiger partial charge is 0.242 e. The van der Waals surface area contributed by atoms with Crippen molar-refractivity contribution >= 4 is 28.5 Å². The number of benzene rings is 2. The Labute approximate surface area is 274 Å². The molecule has 1 aliphatic carbocycles. The van der Waals surface area contributed by atoms with Crippen LogP contribution < -0.4 is 35.6 Å². The molecule has 0 fully saturated rings. The number of hydrogen-bond acceptors (Lipinski definition) is 8. The summed E-state index contributed by atoms with van der Waals surface area (Å²) in [7, 11) is 4.67. The highest BCUT2D eigenvalue weighted by Gasteiger charge is 2.30. The molecule has 1 aromatic heterocycles. The Balaban J connectivity index is 1.43. The van der Waals surface area contributed by atoms with Crippen LogP contribution in [0.2, 0.25) is 0 Å². The van der Waals surface area contributed by atoms with Crippen molar-refractivity contribution in [3.8, 4) is 28.4 Å². The van der Waals surface area contributed by atoms with Gasteiger partial charge < -0.3 is 35.1 Å². The highest BCUT2D eigenvalue weighted by molar-refractivity contribution is 5.86. The minimum atomic E-state index is -0.659. The molecule has 11 nitrogen and oxygen atoms in total. The van der Waals surface area contributed by atoms with Gasteiger partial charge in [-0.15, -0.1) is 0 Å². The molecule has 2 unspecified atom stereocenters. The maximum absolute atomic E-state index is 13.8. The van der Waals surface area contributed by atoms with Crippen LogP contribution in [-0.4, -0.2) is 55.7 Å². The largest absolute Gasteiger partial charge is 0.493 e. The zero-order chi connectivity index (χ0) is 33.7. The molecule has 248 valence electrons. The van der Waals surface area contributed by atoms with Gasteiger partial charge in [0.2, 0.25) is 23.0 Å². The number of aryl methyl sites for hydroxylation is 2. The molecule has 1 heterocycles. The summed E-state index contributed by atoms with van der Waals surface area (Å²) in [6.07, 6.45) is 2.54. The highest BCUT2D eigenvalue weighted by atomic mass is 16.5. The summed E-state index contributed by atoms with van der Waals surface area (Å²) < 4.78 is 17.2. The van der Waals surface area contributed by atoms with E-state index in [1.807, 2.05) is 50.2 Å². The molecule has 2 amide bonds. The third-order valence-corrected chi connectivity index (χ3v) is 8.50. The second-order valence-corrected chi connectivity index (χ2v) is 12.1. The number of aromatic nitrogens is 2. The van der Waals surface area contributed by atoms with Gasteiger partial charge in [-0.2, -0.15) is 0 Å². The SMILES string of the molecule is COc1cc2c(c(OC)c1OC)-c1ccc(NC(C(=O)NCCCc3nc4ccccc4[nH]3)C(C)C)c(=O)cc1C(NC(C)=O)CC2. The van der Waals surface area contributed by atoms with Crippen LogP contribution in [0.15, 0.2) is 53.3 Å². The Bertz CT molecular complexity index is 1800. The molecule has 4 N–H and O–H groups in total. The first-order chi connectivity index (χ1) is 22.6. The number of carbonyl (C=O) groups excluding carboxylic acids is 2. The lowest BCUT2D eigenvalue weighted by atomic mass is 9.95. The number of fused-ring (bicyclic) bond motifs is 4. The van der Waals surface area contributed by atoms with Crippen molar-refractivity contribution in [1.82, 2.24) is 20.6 Å². The van der Waals surface area contributed by atoms with Gasteiger partial charge in [0.15, 0.2) is 11.5 Å². The van der Waals surface area contributed by atoms with E-state index in [-0.39, 0.29) is 28.8 Å². The number of nitrogens with zero attached hydrogens (tertiary/aromatic N) is 1. The van der Waals surface area contributed by atoms with E-state index in [2.05, 4.69) is 25.9 Å². The molecular weight excluding hydrogens is 598 g/mol. The van der Waals surface area contributed by atoms with E-state index in [0.717, 1.165) is 33.5 Å². The molecule has 0 saturated carbocycles. The Morgan fingerprint density at radius 3 is 2.47 bits per heavy atom. The summed E-state index contributed by atoms with van der Waals surface area (Å²) in [5.41, 5.74) is 4.95. The van der Waals surface area contributed by atoms with Gasteiger partial charge in [0.25, 0.3) is 0 Å². The quantitative estimate of drug-likeness (QED) is 0.160. The molecule has 0 bridgehead atoms. The van der Waals surface area contributed by atoms with Crippen LogP contribution in [0.25, 0.3) is 22.2 Å². The van der Waals surface area contributed by atoms with E-state index in [9.17, 15) is 14.4 Å². The van der Waals surface area contributed by atoms with Gasteiger partial charge in [-0.05, 0) is 72.2 Å². The summed E-state index contributed by atoms with van der Waals surface area (Å²) in [4.78, 5) is 47.4. The minimum absolute atomic E-state index is 0.113. The molecule has 47 heavy (non-hydrogen) atoms. The number of anilines is 1. The molecule has 0 saturated heterocycles. The van der Waals surface area contributed by atoms with Gasteiger partial charge in [-0.25, -0.2) is 4.98 Å². The third kappa shape index (κ3) is 7.19. The Morgan fingerprint density at radius 2 is 1.79 bits per heavy atom. The number of rotatable bonds is 12. The van der Waals surface area contributed by atoms with Crippen LogP contribution >= 0.6 is 0 Å². The van der Waals surface area contributed by atoms with E-state index in [0.29, 0.717) is 55.0 Å². The van der Waals surface area contributed by atoms with Gasteiger partial charge in [-0.1, -0.05) is 32.0 Å². The van der Waals surface area contributed by atoms with Gasteiger partial charge in [0.05, 0.1) is 44.1 Å². The van der Waals surface area contributed by atoms with E-state index >= 15 is 0 Å². The fourth-order valence-electron chi connectivity index (χ4n) is 6.23. The molecule has 4 aromatic rings. The number of nitrogens with one attached hydrogen (secondary N) is 4. The standard InChI is InChI=1S/C36H43N5O6/c1-20(2)33(36(44)37-17-9-12-31-39-26-10-7-8-11-27(26)40-31)41-28-16-14-23-24(19-29(28)43)25(38-21(3)42)15-13-22-18-30(45-4)34(46-5)35(47-6)32(22)23/h7-8,10-11,14,16,18-20,25,33H,9,12-13,15,17H2,1-6H3,(H,37,44)(H,38,42)(H,39,40)(H,41,43). The van der Waals surface area contributed by atoms with Crippen molar-refractivity contribution in [2.24, 2.45) is 5.92 Å². The molecule has 0 spiro atoms. The van der Waals surface area contributed by atoms with Gasteiger partial charge in [0, 0.05) is 25.5 Å². The second kappa shape index (κ2) is 14.6. The second-order valence-electron chi connectivity index (χ2n) is 12.1. The number of ether oxygens (including phenoxy) is 3. The lowest BCUT2D eigenvalue weighted by Gasteiger charge is -2.22. The first-order valence-electron chi connectivity index (χ1n) is 15.9. The van der Waals surface area contributed by atoms with Gasteiger partial charge in [-0.3, -0.25) is 14.4 Å². The van der Waals surface area contributed by atoms with Crippen molar-refractivity contribution in [2.75, 3.05) is 33.2 Å². The summed E-state index contributed by atoms with van der Waals surface area (Å²) in [6.45, 7) is 5.78. The number of methoxy groups -OCH3 is 3. The number of imidazole rings is 1. The van der Waals surface area contributed by atoms with E-state index < -0.39 is 12.1 Å². The van der Waals surface area contributed by atoms with Crippen LogP contribution in [0, 0.1) is 5.92 Å². The van der Waals surface area contributed by atoms with Crippen molar-refractivity contribution < 1.29 is 23.8 Å². The lowest BCUT2D eigenvalue weighted by Crippen LogP contribution is -2.44.